The molecule has 0 heterocycles. The van der Waals surface area contributed by atoms with Crippen LogP contribution in [-0.4, -0.2) is 44.3 Å². The third-order valence-electron chi connectivity index (χ3n) is 9.69. The van der Waals surface area contributed by atoms with Gasteiger partial charge in [0.25, 0.3) is 0 Å². The van der Waals surface area contributed by atoms with Gasteiger partial charge >= 0.3 is 23.9 Å². The lowest BCUT2D eigenvalue weighted by molar-refractivity contribution is 0.0687. The topological polar surface area (TPSA) is 149 Å². The highest BCUT2D eigenvalue weighted by Gasteiger charge is 2.26. The molecule has 0 aromatic heterocycles. The smallest absolute Gasteiger partial charge is 0.336 e. The molecule has 8 aromatic rings. The van der Waals surface area contributed by atoms with E-state index in [0.717, 1.165) is 0 Å². The zero-order valence-corrected chi connectivity index (χ0v) is 27.1. The molecule has 0 unspecified atom stereocenters. The molecule has 52 heavy (non-hydrogen) atoms. The molecule has 0 aliphatic carbocycles. The molecule has 0 aliphatic heterocycles. The van der Waals surface area contributed by atoms with Crippen molar-refractivity contribution < 1.29 is 39.6 Å². The molecular formula is C44H26O8. The Kier molecular flexibility index (Phi) is 7.50. The van der Waals surface area contributed by atoms with Gasteiger partial charge in [-0.2, -0.15) is 0 Å². The van der Waals surface area contributed by atoms with Crippen LogP contribution in [-0.2, 0) is 0 Å². The highest BCUT2D eigenvalue weighted by Crippen LogP contribution is 2.49. The first kappa shape index (κ1) is 31.9. The fraction of sp³-hybridized carbons (Fsp3) is 0. The van der Waals surface area contributed by atoms with Crippen molar-refractivity contribution in [1.29, 1.82) is 0 Å². The van der Waals surface area contributed by atoms with Crippen LogP contribution < -0.4 is 0 Å². The van der Waals surface area contributed by atoms with Crippen LogP contribution in [0.5, 0.6) is 0 Å². The van der Waals surface area contributed by atoms with Crippen molar-refractivity contribution in [2.24, 2.45) is 0 Å². The van der Waals surface area contributed by atoms with Crippen molar-refractivity contribution in [3.05, 3.63) is 156 Å². The second-order valence-electron chi connectivity index (χ2n) is 12.4. The van der Waals surface area contributed by atoms with E-state index in [9.17, 15) is 39.6 Å². The summed E-state index contributed by atoms with van der Waals surface area (Å²) in [4.78, 5) is 50.3. The molecule has 0 bridgehead atoms. The number of benzene rings is 8. The van der Waals surface area contributed by atoms with Crippen molar-refractivity contribution in [1.82, 2.24) is 0 Å². The molecule has 8 heteroatoms. The Bertz CT molecular complexity index is 2440. The number of carboxylic acids is 4. The SMILES string of the molecule is O=C(O)c1ccccc1-c1cc(-c2ccccc2C(=O)O)c2ccc3c(-c4ccccc4C(=O)O)cc(-c4ccccc4C(=O)O)c4ccc1c2c43. The van der Waals surface area contributed by atoms with E-state index in [-0.39, 0.29) is 22.3 Å². The van der Waals surface area contributed by atoms with Crippen LogP contribution in [0.3, 0.4) is 0 Å². The molecule has 8 nitrogen and oxygen atoms in total. The Labute approximate surface area is 295 Å². The van der Waals surface area contributed by atoms with Gasteiger partial charge in [-0.15, -0.1) is 0 Å². The lowest BCUT2D eigenvalue weighted by Gasteiger charge is -2.23. The average molecular weight is 683 g/mol. The van der Waals surface area contributed by atoms with E-state index in [4.69, 9.17) is 0 Å². The van der Waals surface area contributed by atoms with Gasteiger partial charge in [0, 0.05) is 0 Å². The maximum Gasteiger partial charge on any atom is 0.336 e. The summed E-state index contributed by atoms with van der Waals surface area (Å²) in [6.07, 6.45) is 0. The minimum Gasteiger partial charge on any atom is -0.478 e. The average Bonchev–Trinajstić information content (AvgIpc) is 3.16. The molecule has 0 radical (unpaired) electrons. The zero-order valence-electron chi connectivity index (χ0n) is 27.1. The normalized spacial score (nSPS) is 11.3. The van der Waals surface area contributed by atoms with E-state index in [0.29, 0.717) is 76.8 Å². The molecule has 4 N–H and O–H groups in total. The molecule has 0 fully saturated rings. The van der Waals surface area contributed by atoms with Gasteiger partial charge < -0.3 is 20.4 Å². The minimum atomic E-state index is -1.13. The van der Waals surface area contributed by atoms with Gasteiger partial charge in [0.05, 0.1) is 22.3 Å². The zero-order chi connectivity index (χ0) is 36.3. The Hall–Kier alpha value is -7.32. The summed E-state index contributed by atoms with van der Waals surface area (Å²) in [5.74, 6) is -4.52. The van der Waals surface area contributed by atoms with Crippen LogP contribution in [0.2, 0.25) is 0 Å². The number of hydrogen-bond acceptors (Lipinski definition) is 4. The number of aromatic carboxylic acids is 4. The van der Waals surface area contributed by atoms with Gasteiger partial charge in [-0.25, -0.2) is 19.2 Å². The van der Waals surface area contributed by atoms with Crippen LogP contribution in [0.15, 0.2) is 133 Å². The molecule has 0 saturated heterocycles. The summed E-state index contributed by atoms with van der Waals surface area (Å²) >= 11 is 0. The second-order valence-corrected chi connectivity index (χ2v) is 12.4. The molecule has 8 rings (SSSR count). The van der Waals surface area contributed by atoms with Crippen LogP contribution in [0.4, 0.5) is 0 Å². The summed E-state index contributed by atoms with van der Waals surface area (Å²) in [5.41, 5.74) is 4.15. The Morgan fingerprint density at radius 1 is 0.288 bits per heavy atom. The molecule has 0 saturated carbocycles. The second kappa shape index (κ2) is 12.2. The van der Waals surface area contributed by atoms with Crippen molar-refractivity contribution in [2.45, 2.75) is 0 Å². The predicted octanol–water partition coefficient (Wildman–Crippen LogP) is 10.0. The molecular weight excluding hydrogens is 656 g/mol. The standard InChI is InChI=1S/C44H26O8/c45-41(46)31-13-5-1-9-23(31)35-21-36(24-10-2-6-14-32(24)42(47)48)28-19-20-30-38(26-12-4-8-16-34(26)44(51)52)22-37(25-11-3-7-15-33(25)43(49)50)29-18-17-27(35)39(28)40(29)30/h1-22H,(H,45,46)(H,47,48)(H,49,50)(H,51,52). The van der Waals surface area contributed by atoms with Crippen molar-refractivity contribution >= 4 is 56.2 Å². The van der Waals surface area contributed by atoms with Crippen LogP contribution >= 0.6 is 0 Å². The Morgan fingerprint density at radius 3 is 0.712 bits per heavy atom. The van der Waals surface area contributed by atoms with Crippen molar-refractivity contribution in [3.8, 4) is 44.5 Å². The summed E-state index contributed by atoms with van der Waals surface area (Å²) < 4.78 is 0. The first-order valence-electron chi connectivity index (χ1n) is 16.2. The van der Waals surface area contributed by atoms with E-state index >= 15 is 0 Å². The van der Waals surface area contributed by atoms with Crippen molar-refractivity contribution in [2.75, 3.05) is 0 Å². The number of rotatable bonds is 8. The largest absolute Gasteiger partial charge is 0.478 e. The maximum atomic E-state index is 12.6. The van der Waals surface area contributed by atoms with Gasteiger partial charge in [0.15, 0.2) is 0 Å². The maximum absolute atomic E-state index is 12.6. The van der Waals surface area contributed by atoms with Gasteiger partial charge in [-0.1, -0.05) is 97.1 Å². The van der Waals surface area contributed by atoms with E-state index in [2.05, 4.69) is 0 Å². The molecule has 0 atom stereocenters. The third kappa shape index (κ3) is 4.93. The first-order valence-corrected chi connectivity index (χ1v) is 16.2. The van der Waals surface area contributed by atoms with Crippen molar-refractivity contribution in [3.63, 3.8) is 0 Å². The van der Waals surface area contributed by atoms with Gasteiger partial charge in [0.2, 0.25) is 0 Å². The van der Waals surface area contributed by atoms with E-state index in [1.54, 1.807) is 72.8 Å². The molecule has 0 aliphatic rings. The van der Waals surface area contributed by atoms with Gasteiger partial charge in [0.1, 0.15) is 0 Å². The van der Waals surface area contributed by atoms with Crippen LogP contribution in [0.1, 0.15) is 41.4 Å². The predicted molar refractivity (Wildman–Crippen MR) is 200 cm³/mol. The lowest BCUT2D eigenvalue weighted by Crippen LogP contribution is -2.03. The summed E-state index contributed by atoms with van der Waals surface area (Å²) in [6.45, 7) is 0. The lowest BCUT2D eigenvalue weighted by atomic mass is 9.80. The molecule has 0 amide bonds. The summed E-state index contributed by atoms with van der Waals surface area (Å²) in [6, 6.07) is 37.6. The van der Waals surface area contributed by atoms with Crippen LogP contribution in [0, 0.1) is 0 Å². The summed E-state index contributed by atoms with van der Waals surface area (Å²) in [7, 11) is 0. The van der Waals surface area contributed by atoms with E-state index in [1.807, 2.05) is 36.4 Å². The third-order valence-corrected chi connectivity index (χ3v) is 9.69. The van der Waals surface area contributed by atoms with Gasteiger partial charge in [-0.3, -0.25) is 0 Å². The molecule has 250 valence electrons. The monoisotopic (exact) mass is 682 g/mol. The van der Waals surface area contributed by atoms with Crippen LogP contribution in [0.25, 0.3) is 76.8 Å². The van der Waals surface area contributed by atoms with E-state index < -0.39 is 23.9 Å². The Balaban J connectivity index is 1.64. The van der Waals surface area contributed by atoms with Gasteiger partial charge in [-0.05, 0) is 113 Å². The molecule has 8 aromatic carbocycles. The number of hydrogen-bond donors (Lipinski definition) is 4. The highest BCUT2D eigenvalue weighted by molar-refractivity contribution is 6.33. The first-order chi connectivity index (χ1) is 25.2. The minimum absolute atomic E-state index is 0.0575. The highest BCUT2D eigenvalue weighted by atomic mass is 16.4. The fourth-order valence-electron chi connectivity index (χ4n) is 7.50. The Morgan fingerprint density at radius 2 is 0.500 bits per heavy atom. The number of carboxylic acid groups (broad SMARTS) is 4. The quantitative estimate of drug-likeness (QED) is 0.116. The fourth-order valence-corrected chi connectivity index (χ4v) is 7.50. The number of carbonyl (C=O) groups is 4. The molecule has 0 spiro atoms. The van der Waals surface area contributed by atoms with E-state index in [1.165, 1.54) is 24.3 Å². The summed E-state index contributed by atoms with van der Waals surface area (Å²) in [5, 5.41) is 45.2.